The lowest BCUT2D eigenvalue weighted by Gasteiger charge is -2.45. The standard InChI is InChI=1S/C37H50FN5O3/c1-35(2,3)45-34(44)43-23-26(24-43)22-41-14-16-42(17-15-41)29-11-8-27(9-12-29)30(18-25-20-36(4,5)46-37(6,7)21-25)28-10-13-32-31(19-28)33(38)40-39-32/h8-13,18-19,25-26H,14-17,20-24H2,1-7H3,(H,39,40). The Morgan fingerprint density at radius 2 is 1.63 bits per heavy atom. The maximum absolute atomic E-state index is 14.5. The maximum Gasteiger partial charge on any atom is 0.410 e. The fraction of sp³-hybridized carbons (Fsp3) is 0.568. The van der Waals surface area contributed by atoms with Crippen LogP contribution in [0.1, 0.15) is 72.4 Å². The van der Waals surface area contributed by atoms with Crippen molar-refractivity contribution in [3.05, 3.63) is 65.6 Å². The SMILES string of the molecule is CC(C)(C)OC(=O)N1CC(CN2CCN(c3ccc(C(=CC4CC(C)(C)OC(C)(C)C4)c4ccc5[nH]nc(F)c5c4)cc3)CC2)C1. The number of fused-ring (bicyclic) bond motifs is 1. The number of aromatic amines is 1. The van der Waals surface area contributed by atoms with Gasteiger partial charge in [-0.1, -0.05) is 24.3 Å². The second-order valence-electron chi connectivity index (χ2n) is 15.7. The third-order valence-corrected chi connectivity index (χ3v) is 9.33. The van der Waals surface area contributed by atoms with Crippen molar-refractivity contribution < 1.29 is 18.7 Å². The summed E-state index contributed by atoms with van der Waals surface area (Å²) in [6.45, 7) is 20.9. The molecule has 3 aliphatic rings. The summed E-state index contributed by atoms with van der Waals surface area (Å²) in [5, 5.41) is 7.07. The van der Waals surface area contributed by atoms with Gasteiger partial charge in [0.05, 0.1) is 22.1 Å². The topological polar surface area (TPSA) is 73.9 Å². The van der Waals surface area contributed by atoms with Crippen LogP contribution < -0.4 is 4.90 Å². The Labute approximate surface area is 272 Å². The van der Waals surface area contributed by atoms with E-state index in [0.717, 1.165) is 75.4 Å². The minimum atomic E-state index is -0.475. The number of nitrogens with one attached hydrogen (secondary N) is 1. The average Bonchev–Trinajstić information content (AvgIpc) is 3.31. The highest BCUT2D eigenvalue weighted by molar-refractivity contribution is 5.88. The second-order valence-corrected chi connectivity index (χ2v) is 15.7. The first kappa shape index (κ1) is 32.5. The van der Waals surface area contributed by atoms with Crippen molar-refractivity contribution in [1.82, 2.24) is 20.0 Å². The van der Waals surface area contributed by atoms with E-state index in [1.54, 1.807) is 0 Å². The van der Waals surface area contributed by atoms with E-state index in [1.165, 1.54) is 5.69 Å². The van der Waals surface area contributed by atoms with E-state index in [-0.39, 0.29) is 17.3 Å². The Morgan fingerprint density at radius 1 is 1.00 bits per heavy atom. The summed E-state index contributed by atoms with van der Waals surface area (Å²) in [5.74, 6) is 0.347. The highest BCUT2D eigenvalue weighted by Crippen LogP contribution is 2.41. The lowest BCUT2D eigenvalue weighted by molar-refractivity contribution is -0.166. The van der Waals surface area contributed by atoms with Crippen molar-refractivity contribution in [3.8, 4) is 0 Å². The lowest BCUT2D eigenvalue weighted by Crippen LogP contribution is -2.57. The minimum absolute atomic E-state index is 0.204. The molecular weight excluding hydrogens is 581 g/mol. The molecule has 2 aromatic carbocycles. The highest BCUT2D eigenvalue weighted by Gasteiger charge is 2.39. The molecule has 0 saturated carbocycles. The van der Waals surface area contributed by atoms with Crippen molar-refractivity contribution in [2.45, 2.75) is 78.1 Å². The molecule has 3 aromatic rings. The Bertz CT molecular complexity index is 1560. The van der Waals surface area contributed by atoms with E-state index in [9.17, 15) is 9.18 Å². The zero-order valence-electron chi connectivity index (χ0n) is 28.5. The number of benzene rings is 2. The van der Waals surface area contributed by atoms with Gasteiger partial charge >= 0.3 is 6.09 Å². The number of hydrogen-bond acceptors (Lipinski definition) is 6. The van der Waals surface area contributed by atoms with Crippen LogP contribution in [0.3, 0.4) is 0 Å². The van der Waals surface area contributed by atoms with Gasteiger partial charge in [-0.3, -0.25) is 10.00 Å². The Kier molecular flexibility index (Phi) is 8.70. The number of allylic oxidation sites excluding steroid dienone is 1. The van der Waals surface area contributed by atoms with Crippen LogP contribution in [0.2, 0.25) is 0 Å². The van der Waals surface area contributed by atoms with Crippen LogP contribution in [-0.2, 0) is 9.47 Å². The fourth-order valence-corrected chi connectivity index (χ4v) is 7.59. The summed E-state index contributed by atoms with van der Waals surface area (Å²) >= 11 is 0. The molecule has 9 heteroatoms. The summed E-state index contributed by atoms with van der Waals surface area (Å²) in [4.78, 5) is 19.1. The highest BCUT2D eigenvalue weighted by atomic mass is 19.1. The van der Waals surface area contributed by atoms with Gasteiger partial charge in [-0.15, -0.1) is 5.10 Å². The van der Waals surface area contributed by atoms with Gasteiger partial charge in [0, 0.05) is 57.4 Å². The number of halogens is 1. The molecule has 0 radical (unpaired) electrons. The third-order valence-electron chi connectivity index (χ3n) is 9.33. The summed E-state index contributed by atoms with van der Waals surface area (Å²) in [6, 6.07) is 14.7. The van der Waals surface area contributed by atoms with E-state index in [1.807, 2.05) is 37.8 Å². The first-order chi connectivity index (χ1) is 21.6. The number of aromatic nitrogens is 2. The van der Waals surface area contributed by atoms with Crippen LogP contribution in [0.25, 0.3) is 16.5 Å². The number of ether oxygens (including phenoxy) is 2. The minimum Gasteiger partial charge on any atom is -0.444 e. The first-order valence-corrected chi connectivity index (χ1v) is 16.7. The number of anilines is 1. The fourth-order valence-electron chi connectivity index (χ4n) is 7.59. The normalized spacial score (nSPS) is 21.4. The average molecular weight is 632 g/mol. The van der Waals surface area contributed by atoms with Crippen LogP contribution in [-0.4, -0.2) is 88.7 Å². The number of H-pyrrole nitrogens is 1. The molecule has 1 N–H and O–H groups in total. The number of amides is 1. The van der Waals surface area contributed by atoms with E-state index in [0.29, 0.717) is 22.7 Å². The molecule has 248 valence electrons. The molecule has 3 aliphatic heterocycles. The molecule has 46 heavy (non-hydrogen) atoms. The number of piperazine rings is 1. The third kappa shape index (κ3) is 7.58. The molecule has 6 rings (SSSR count). The van der Waals surface area contributed by atoms with Crippen molar-refractivity contribution in [3.63, 3.8) is 0 Å². The monoisotopic (exact) mass is 631 g/mol. The molecule has 0 bridgehead atoms. The summed E-state index contributed by atoms with van der Waals surface area (Å²) in [6.07, 6.45) is 4.02. The summed E-state index contributed by atoms with van der Waals surface area (Å²) < 4.78 is 26.4. The molecular formula is C37H50FN5O3. The van der Waals surface area contributed by atoms with Gasteiger partial charge < -0.3 is 19.3 Å². The van der Waals surface area contributed by atoms with E-state index in [4.69, 9.17) is 9.47 Å². The molecule has 0 spiro atoms. The van der Waals surface area contributed by atoms with E-state index < -0.39 is 11.5 Å². The van der Waals surface area contributed by atoms with E-state index >= 15 is 0 Å². The Morgan fingerprint density at radius 3 is 2.26 bits per heavy atom. The quantitative estimate of drug-likeness (QED) is 0.313. The molecule has 0 aliphatic carbocycles. The molecule has 1 aromatic heterocycles. The van der Waals surface area contributed by atoms with E-state index in [2.05, 4.69) is 84.1 Å². The number of carbonyl (C=O) groups is 1. The molecule has 3 fully saturated rings. The molecule has 0 atom stereocenters. The Hall–Kier alpha value is -3.43. The van der Waals surface area contributed by atoms with Crippen LogP contribution in [0.15, 0.2) is 48.5 Å². The summed E-state index contributed by atoms with van der Waals surface area (Å²) in [5.41, 5.74) is 4.21. The number of nitrogens with zero attached hydrogens (tertiary/aromatic N) is 4. The van der Waals surface area contributed by atoms with Crippen molar-refractivity contribution >= 4 is 28.3 Å². The number of likely N-dealkylation sites (tertiary alicyclic amines) is 1. The van der Waals surface area contributed by atoms with Crippen LogP contribution in [0, 0.1) is 17.8 Å². The molecule has 0 unspecified atom stereocenters. The van der Waals surface area contributed by atoms with Gasteiger partial charge in [-0.25, -0.2) is 4.79 Å². The number of rotatable bonds is 6. The van der Waals surface area contributed by atoms with Crippen molar-refractivity contribution in [2.75, 3.05) is 50.7 Å². The Balaban J connectivity index is 1.13. The zero-order valence-corrected chi connectivity index (χ0v) is 28.5. The van der Waals surface area contributed by atoms with Gasteiger partial charge in [0.1, 0.15) is 5.60 Å². The van der Waals surface area contributed by atoms with Crippen molar-refractivity contribution in [2.24, 2.45) is 11.8 Å². The van der Waals surface area contributed by atoms with Gasteiger partial charge in [0.15, 0.2) is 0 Å². The maximum atomic E-state index is 14.5. The van der Waals surface area contributed by atoms with Crippen molar-refractivity contribution in [1.29, 1.82) is 0 Å². The second kappa shape index (κ2) is 12.3. The molecule has 1 amide bonds. The smallest absolute Gasteiger partial charge is 0.410 e. The lowest BCUT2D eigenvalue weighted by atomic mass is 9.79. The number of hydrogen-bond donors (Lipinski definition) is 1. The van der Waals surface area contributed by atoms with Crippen LogP contribution >= 0.6 is 0 Å². The van der Waals surface area contributed by atoms with Gasteiger partial charge in [-0.05, 0) is 108 Å². The zero-order chi connectivity index (χ0) is 32.9. The van der Waals surface area contributed by atoms with Gasteiger partial charge in [0.25, 0.3) is 0 Å². The van der Waals surface area contributed by atoms with Gasteiger partial charge in [-0.2, -0.15) is 4.39 Å². The number of carbonyl (C=O) groups excluding carboxylic acids is 1. The predicted octanol–water partition coefficient (Wildman–Crippen LogP) is 7.11. The molecule has 4 heterocycles. The largest absolute Gasteiger partial charge is 0.444 e. The van der Waals surface area contributed by atoms with Crippen LogP contribution in [0.5, 0.6) is 0 Å². The first-order valence-electron chi connectivity index (χ1n) is 16.7. The summed E-state index contributed by atoms with van der Waals surface area (Å²) in [7, 11) is 0. The molecule has 8 nitrogen and oxygen atoms in total. The molecule has 3 saturated heterocycles. The van der Waals surface area contributed by atoms with Gasteiger partial charge in [0.2, 0.25) is 5.95 Å². The van der Waals surface area contributed by atoms with Crippen LogP contribution in [0.4, 0.5) is 14.9 Å². The predicted molar refractivity (Wildman–Crippen MR) is 181 cm³/mol.